The molecule has 1 unspecified atom stereocenters. The van der Waals surface area contributed by atoms with Crippen molar-refractivity contribution in [2.24, 2.45) is 0 Å². The van der Waals surface area contributed by atoms with Crippen LogP contribution in [0.15, 0.2) is 60.5 Å². The highest BCUT2D eigenvalue weighted by molar-refractivity contribution is 7.09. The molecule has 0 aliphatic heterocycles. The maximum Gasteiger partial charge on any atom is 0.138 e. The van der Waals surface area contributed by atoms with Crippen molar-refractivity contribution in [2.75, 3.05) is 13.2 Å². The molecule has 7 nitrogen and oxygen atoms in total. The Kier molecular flexibility index (Phi) is 6.46. The van der Waals surface area contributed by atoms with Gasteiger partial charge >= 0.3 is 0 Å². The van der Waals surface area contributed by atoms with E-state index in [4.69, 9.17) is 9.84 Å². The third kappa shape index (κ3) is 4.55. The number of aliphatic hydroxyl groups excluding tert-OH is 1. The van der Waals surface area contributed by atoms with E-state index in [-0.39, 0.29) is 12.6 Å². The normalized spacial score (nSPS) is 12.1. The van der Waals surface area contributed by atoms with Crippen molar-refractivity contribution in [2.45, 2.75) is 25.8 Å². The molecule has 0 bridgehead atoms. The molecule has 0 aliphatic rings. The van der Waals surface area contributed by atoms with Crippen LogP contribution in [0.1, 0.15) is 35.0 Å². The first kappa shape index (κ1) is 20.2. The zero-order chi connectivity index (χ0) is 20.8. The van der Waals surface area contributed by atoms with Gasteiger partial charge in [0.25, 0.3) is 0 Å². The molecule has 8 heteroatoms. The number of unbranched alkanes of at least 4 members (excludes halogenated alkanes) is 1. The summed E-state index contributed by atoms with van der Waals surface area (Å²) in [7, 11) is 0. The minimum absolute atomic E-state index is 0.0918. The monoisotopic (exact) mass is 421 g/mol. The summed E-state index contributed by atoms with van der Waals surface area (Å²) < 4.78 is 7.61. The topological polar surface area (TPSA) is 86.0 Å². The second kappa shape index (κ2) is 9.60. The number of ether oxygens (including phenoxy) is 1. The molecule has 1 aromatic carbocycles. The molecule has 3 heterocycles. The van der Waals surface area contributed by atoms with Crippen LogP contribution in [0.3, 0.4) is 0 Å². The van der Waals surface area contributed by atoms with Crippen LogP contribution in [0.25, 0.3) is 11.3 Å². The summed E-state index contributed by atoms with van der Waals surface area (Å²) in [6.07, 6.45) is 6.89. The van der Waals surface area contributed by atoms with Crippen LogP contribution in [0.5, 0.6) is 5.75 Å². The second-order valence-electron chi connectivity index (χ2n) is 6.89. The maximum absolute atomic E-state index is 8.88. The molecule has 0 radical (unpaired) electrons. The van der Waals surface area contributed by atoms with Gasteiger partial charge < -0.3 is 9.84 Å². The molecule has 4 aromatic rings. The van der Waals surface area contributed by atoms with Crippen molar-refractivity contribution in [1.29, 1.82) is 0 Å². The number of benzene rings is 1. The average molecular weight is 422 g/mol. The van der Waals surface area contributed by atoms with Crippen molar-refractivity contribution >= 4 is 11.3 Å². The number of thiazole rings is 1. The molecule has 3 aromatic heterocycles. The quantitative estimate of drug-likeness (QED) is 0.413. The van der Waals surface area contributed by atoms with E-state index >= 15 is 0 Å². The van der Waals surface area contributed by atoms with Gasteiger partial charge in [0.15, 0.2) is 0 Å². The van der Waals surface area contributed by atoms with E-state index in [1.807, 2.05) is 47.6 Å². The van der Waals surface area contributed by atoms with Crippen LogP contribution in [-0.4, -0.2) is 43.3 Å². The molecule has 0 saturated heterocycles. The molecule has 1 N–H and O–H groups in total. The Bertz CT molecular complexity index is 1080. The first-order valence-corrected chi connectivity index (χ1v) is 10.7. The van der Waals surface area contributed by atoms with Crippen LogP contribution in [0.2, 0.25) is 0 Å². The van der Waals surface area contributed by atoms with Gasteiger partial charge in [-0.05, 0) is 31.4 Å². The van der Waals surface area contributed by atoms with Crippen LogP contribution in [-0.2, 0) is 0 Å². The van der Waals surface area contributed by atoms with Gasteiger partial charge in [0.1, 0.15) is 17.5 Å². The lowest BCUT2D eigenvalue weighted by Crippen LogP contribution is -2.13. The predicted octanol–water partition coefficient (Wildman–Crippen LogP) is 3.89. The van der Waals surface area contributed by atoms with Gasteiger partial charge in [-0.3, -0.25) is 4.98 Å². The molecule has 1 atom stereocenters. The van der Waals surface area contributed by atoms with Crippen molar-refractivity contribution in [3.63, 3.8) is 0 Å². The molecule has 154 valence electrons. The zero-order valence-corrected chi connectivity index (χ0v) is 17.5. The maximum atomic E-state index is 8.88. The van der Waals surface area contributed by atoms with Crippen LogP contribution < -0.4 is 4.74 Å². The Balaban J connectivity index is 1.61. The fourth-order valence-electron chi connectivity index (χ4n) is 3.21. The van der Waals surface area contributed by atoms with E-state index in [0.717, 1.165) is 40.2 Å². The van der Waals surface area contributed by atoms with Crippen LogP contribution in [0.4, 0.5) is 0 Å². The smallest absolute Gasteiger partial charge is 0.138 e. The van der Waals surface area contributed by atoms with Gasteiger partial charge in [-0.2, -0.15) is 0 Å². The Morgan fingerprint density at radius 2 is 2.03 bits per heavy atom. The summed E-state index contributed by atoms with van der Waals surface area (Å²) in [4.78, 5) is 9.83. The fourth-order valence-corrected chi connectivity index (χ4v) is 4.13. The largest absolute Gasteiger partial charge is 0.492 e. The molecular weight excluding hydrogens is 398 g/mol. The standard InChI is InChI=1S/C22H23N5O2S/c1-16-22(30-15-24-16)21(17-7-3-2-4-8-17)27-14-20(25-26-27)18-11-19(13-23-12-18)29-10-6-5-9-28/h2-4,7-8,11-15,21,28H,5-6,9-10H2,1H3. The first-order chi connectivity index (χ1) is 14.8. The summed E-state index contributed by atoms with van der Waals surface area (Å²) in [6, 6.07) is 12.1. The molecule has 0 spiro atoms. The number of rotatable bonds is 9. The Morgan fingerprint density at radius 1 is 1.17 bits per heavy atom. The highest BCUT2D eigenvalue weighted by Gasteiger charge is 2.22. The lowest BCUT2D eigenvalue weighted by molar-refractivity contribution is 0.253. The number of pyridine rings is 1. The molecule has 0 aliphatic carbocycles. The number of hydrogen-bond donors (Lipinski definition) is 1. The predicted molar refractivity (Wildman–Crippen MR) is 116 cm³/mol. The van der Waals surface area contributed by atoms with Crippen molar-refractivity contribution in [3.05, 3.63) is 76.6 Å². The number of nitrogens with zero attached hydrogens (tertiary/aromatic N) is 5. The summed E-state index contributed by atoms with van der Waals surface area (Å²) in [6.45, 7) is 2.73. The van der Waals surface area contributed by atoms with Crippen molar-refractivity contribution in [3.8, 4) is 17.0 Å². The summed E-state index contributed by atoms with van der Waals surface area (Å²) in [5.41, 5.74) is 5.55. The summed E-state index contributed by atoms with van der Waals surface area (Å²) in [5, 5.41) is 17.7. The van der Waals surface area contributed by atoms with Crippen molar-refractivity contribution < 1.29 is 9.84 Å². The van der Waals surface area contributed by atoms with Crippen molar-refractivity contribution in [1.82, 2.24) is 25.0 Å². The van der Waals surface area contributed by atoms with Gasteiger partial charge in [0, 0.05) is 18.4 Å². The number of hydrogen-bond acceptors (Lipinski definition) is 7. The summed E-state index contributed by atoms with van der Waals surface area (Å²) in [5.74, 6) is 0.679. The molecule has 0 amide bonds. The van der Waals surface area contributed by atoms with Gasteiger partial charge in [0.2, 0.25) is 0 Å². The average Bonchev–Trinajstić information content (AvgIpc) is 3.43. The molecule has 0 saturated carbocycles. The zero-order valence-electron chi connectivity index (χ0n) is 16.7. The Hall–Kier alpha value is -3.10. The van der Waals surface area contributed by atoms with E-state index in [1.165, 1.54) is 0 Å². The third-order valence-electron chi connectivity index (χ3n) is 4.75. The molecule has 4 rings (SSSR count). The van der Waals surface area contributed by atoms with Gasteiger partial charge in [0.05, 0.1) is 35.1 Å². The first-order valence-electron chi connectivity index (χ1n) is 9.82. The lowest BCUT2D eigenvalue weighted by atomic mass is 10.0. The fraction of sp³-hybridized carbons (Fsp3) is 0.273. The molecular formula is C22H23N5O2S. The minimum atomic E-state index is -0.0918. The molecule has 0 fully saturated rings. The number of aliphatic hydroxyl groups is 1. The molecule has 30 heavy (non-hydrogen) atoms. The second-order valence-corrected chi connectivity index (χ2v) is 7.77. The summed E-state index contributed by atoms with van der Waals surface area (Å²) >= 11 is 1.62. The van der Waals surface area contributed by atoms with E-state index in [9.17, 15) is 0 Å². The third-order valence-corrected chi connectivity index (χ3v) is 5.73. The van der Waals surface area contributed by atoms with Gasteiger partial charge in [-0.25, -0.2) is 9.67 Å². The highest BCUT2D eigenvalue weighted by atomic mass is 32.1. The Morgan fingerprint density at radius 3 is 2.80 bits per heavy atom. The van der Waals surface area contributed by atoms with E-state index in [0.29, 0.717) is 12.4 Å². The van der Waals surface area contributed by atoms with Crippen LogP contribution >= 0.6 is 11.3 Å². The van der Waals surface area contributed by atoms with E-state index < -0.39 is 0 Å². The number of aromatic nitrogens is 5. The van der Waals surface area contributed by atoms with Crippen LogP contribution in [0, 0.1) is 6.92 Å². The van der Waals surface area contributed by atoms with Gasteiger partial charge in [-0.15, -0.1) is 16.4 Å². The number of aryl methyl sites for hydroxylation is 1. The lowest BCUT2D eigenvalue weighted by Gasteiger charge is -2.16. The van der Waals surface area contributed by atoms with Gasteiger partial charge in [-0.1, -0.05) is 35.5 Å². The Labute approximate surface area is 179 Å². The van der Waals surface area contributed by atoms with E-state index in [1.54, 1.807) is 23.7 Å². The SMILES string of the molecule is Cc1ncsc1C(c1ccccc1)n1cc(-c2cncc(OCCCCO)c2)nn1. The van der Waals surface area contributed by atoms with E-state index in [2.05, 4.69) is 32.4 Å². The highest BCUT2D eigenvalue weighted by Crippen LogP contribution is 2.32. The minimum Gasteiger partial charge on any atom is -0.492 e.